The fourth-order valence-corrected chi connectivity index (χ4v) is 3.93. The second kappa shape index (κ2) is 6.76. The molecule has 0 radical (unpaired) electrons. The van der Waals surface area contributed by atoms with Crippen LogP contribution in [-0.2, 0) is 17.9 Å². The van der Waals surface area contributed by atoms with Crippen molar-refractivity contribution < 1.29 is 9.90 Å². The largest absolute Gasteiger partial charge is 0.379 e. The Kier molecular flexibility index (Phi) is 4.73. The molecule has 2 aromatic rings. The van der Waals surface area contributed by atoms with E-state index in [2.05, 4.69) is 27.0 Å². The van der Waals surface area contributed by atoms with Crippen molar-refractivity contribution in [3.05, 3.63) is 53.6 Å². The lowest BCUT2D eigenvalue weighted by molar-refractivity contribution is -0.137. The molecule has 1 unspecified atom stereocenters. The fraction of sp³-hybridized carbons (Fsp3) is 0.412. The van der Waals surface area contributed by atoms with Crippen LogP contribution < -0.4 is 5.32 Å². The zero-order chi connectivity index (χ0) is 16.3. The van der Waals surface area contributed by atoms with Gasteiger partial charge in [0.25, 0.3) is 5.91 Å². The van der Waals surface area contributed by atoms with Crippen LogP contribution in [0, 0.1) is 6.92 Å². The van der Waals surface area contributed by atoms with Gasteiger partial charge in [-0.15, -0.1) is 0 Å². The van der Waals surface area contributed by atoms with E-state index in [9.17, 15) is 9.90 Å². The molecule has 1 atom stereocenters. The topological polar surface area (TPSA) is 67.2 Å². The summed E-state index contributed by atoms with van der Waals surface area (Å²) >= 11 is 1.62. The second-order valence-corrected chi connectivity index (χ2v) is 7.04. The molecule has 2 N–H and O–H groups in total. The smallest absolute Gasteiger partial charge is 0.253 e. The Labute approximate surface area is 140 Å². The summed E-state index contributed by atoms with van der Waals surface area (Å²) in [5.74, 6) is 2.03. The molecule has 0 saturated carbocycles. The van der Waals surface area contributed by atoms with E-state index in [1.807, 2.05) is 25.3 Å². The van der Waals surface area contributed by atoms with Gasteiger partial charge in [-0.3, -0.25) is 4.79 Å². The predicted molar refractivity (Wildman–Crippen MR) is 91.2 cm³/mol. The van der Waals surface area contributed by atoms with Gasteiger partial charge in [0.15, 0.2) is 5.60 Å². The number of benzene rings is 1. The van der Waals surface area contributed by atoms with Crippen molar-refractivity contribution in [1.29, 1.82) is 0 Å². The first-order valence-corrected chi connectivity index (χ1v) is 8.86. The van der Waals surface area contributed by atoms with E-state index in [4.69, 9.17) is 0 Å². The molecule has 3 rings (SSSR count). The number of aliphatic hydroxyl groups is 1. The van der Waals surface area contributed by atoms with Crippen LogP contribution in [0.5, 0.6) is 0 Å². The molecular formula is C17H21N3O2S. The normalized spacial score (nSPS) is 20.6. The van der Waals surface area contributed by atoms with E-state index in [1.54, 1.807) is 18.0 Å². The summed E-state index contributed by atoms with van der Waals surface area (Å²) < 4.78 is 2.08. The maximum absolute atomic E-state index is 12.1. The molecule has 23 heavy (non-hydrogen) atoms. The van der Waals surface area contributed by atoms with Crippen molar-refractivity contribution in [2.45, 2.75) is 32.0 Å². The summed E-state index contributed by atoms with van der Waals surface area (Å²) in [6.07, 6.45) is 4.28. The standard InChI is InChI=1S/C17H21N3O2S/c1-13-18-6-7-20(13)11-15-4-2-3-14(9-15)10-19-16(21)17(22)5-8-23-12-17/h2-4,6-7,9,22H,5,8,10-12H2,1H3,(H,19,21). The molecule has 0 spiro atoms. The highest BCUT2D eigenvalue weighted by Crippen LogP contribution is 2.27. The van der Waals surface area contributed by atoms with Crippen molar-refractivity contribution in [3.8, 4) is 0 Å². The summed E-state index contributed by atoms with van der Waals surface area (Å²) in [6, 6.07) is 8.11. The van der Waals surface area contributed by atoms with Gasteiger partial charge in [-0.1, -0.05) is 24.3 Å². The Balaban J connectivity index is 1.61. The number of amides is 1. The number of aryl methyl sites for hydroxylation is 1. The molecule has 122 valence electrons. The van der Waals surface area contributed by atoms with Crippen LogP contribution in [0.1, 0.15) is 23.4 Å². The van der Waals surface area contributed by atoms with Crippen LogP contribution in [-0.4, -0.2) is 37.7 Å². The Hall–Kier alpha value is -1.79. The molecule has 0 bridgehead atoms. The van der Waals surface area contributed by atoms with Gasteiger partial charge >= 0.3 is 0 Å². The van der Waals surface area contributed by atoms with E-state index in [-0.39, 0.29) is 5.91 Å². The van der Waals surface area contributed by atoms with Gasteiger partial charge in [0.1, 0.15) is 5.82 Å². The van der Waals surface area contributed by atoms with Crippen LogP contribution in [0.2, 0.25) is 0 Å². The number of rotatable bonds is 5. The number of imidazole rings is 1. The quantitative estimate of drug-likeness (QED) is 0.875. The van der Waals surface area contributed by atoms with Crippen LogP contribution in [0.25, 0.3) is 0 Å². The number of hydrogen-bond donors (Lipinski definition) is 2. The number of nitrogens with one attached hydrogen (secondary N) is 1. The Bertz CT molecular complexity index is 693. The second-order valence-electron chi connectivity index (χ2n) is 5.94. The van der Waals surface area contributed by atoms with Crippen molar-refractivity contribution in [2.24, 2.45) is 0 Å². The number of carbonyl (C=O) groups excluding carboxylic acids is 1. The number of hydrogen-bond acceptors (Lipinski definition) is 4. The SMILES string of the molecule is Cc1nccn1Cc1cccc(CNC(=O)C2(O)CCSC2)c1. The Morgan fingerprint density at radius 1 is 1.48 bits per heavy atom. The van der Waals surface area contributed by atoms with Crippen LogP contribution >= 0.6 is 11.8 Å². The zero-order valence-electron chi connectivity index (χ0n) is 13.2. The van der Waals surface area contributed by atoms with Gasteiger partial charge in [0.05, 0.1) is 0 Å². The van der Waals surface area contributed by atoms with Gasteiger partial charge in [0.2, 0.25) is 0 Å². The average molecular weight is 331 g/mol. The van der Waals surface area contributed by atoms with E-state index in [0.29, 0.717) is 18.7 Å². The highest BCUT2D eigenvalue weighted by atomic mass is 32.2. The molecule has 1 fully saturated rings. The lowest BCUT2D eigenvalue weighted by Crippen LogP contribution is -2.46. The van der Waals surface area contributed by atoms with Crippen LogP contribution in [0.4, 0.5) is 0 Å². The summed E-state index contributed by atoms with van der Waals surface area (Å²) in [4.78, 5) is 16.4. The van der Waals surface area contributed by atoms with Gasteiger partial charge < -0.3 is 15.0 Å². The summed E-state index contributed by atoms with van der Waals surface area (Å²) in [7, 11) is 0. The molecule has 0 aliphatic carbocycles. The third-order valence-corrected chi connectivity index (χ3v) is 5.32. The first-order chi connectivity index (χ1) is 11.1. The summed E-state index contributed by atoms with van der Waals surface area (Å²) in [5.41, 5.74) is 0.992. The van der Waals surface area contributed by atoms with Crippen molar-refractivity contribution >= 4 is 17.7 Å². The lowest BCUT2D eigenvalue weighted by atomic mass is 10.0. The Morgan fingerprint density at radius 2 is 2.30 bits per heavy atom. The third-order valence-electron chi connectivity index (χ3n) is 4.14. The van der Waals surface area contributed by atoms with Crippen LogP contribution in [0.3, 0.4) is 0 Å². The molecule has 1 saturated heterocycles. The predicted octanol–water partition coefficient (Wildman–Crippen LogP) is 1.72. The lowest BCUT2D eigenvalue weighted by Gasteiger charge is -2.20. The van der Waals surface area contributed by atoms with E-state index in [1.165, 1.54) is 0 Å². The first-order valence-electron chi connectivity index (χ1n) is 7.71. The minimum absolute atomic E-state index is 0.265. The minimum Gasteiger partial charge on any atom is -0.379 e. The highest BCUT2D eigenvalue weighted by molar-refractivity contribution is 7.99. The first kappa shape index (κ1) is 16.1. The Morgan fingerprint density at radius 3 is 3.00 bits per heavy atom. The van der Waals surface area contributed by atoms with Crippen molar-refractivity contribution in [3.63, 3.8) is 0 Å². The van der Waals surface area contributed by atoms with Crippen molar-refractivity contribution in [1.82, 2.24) is 14.9 Å². The molecule has 1 aromatic carbocycles. The van der Waals surface area contributed by atoms with E-state index < -0.39 is 5.60 Å². The average Bonchev–Trinajstić information content (AvgIpc) is 3.15. The molecule has 5 nitrogen and oxygen atoms in total. The molecule has 1 amide bonds. The molecule has 6 heteroatoms. The molecule has 1 aliphatic rings. The van der Waals surface area contributed by atoms with E-state index >= 15 is 0 Å². The molecule has 1 aliphatic heterocycles. The molecule has 1 aromatic heterocycles. The van der Waals surface area contributed by atoms with Crippen LogP contribution in [0.15, 0.2) is 36.7 Å². The minimum atomic E-state index is -1.20. The number of aromatic nitrogens is 2. The maximum atomic E-state index is 12.1. The zero-order valence-corrected chi connectivity index (χ0v) is 14.0. The third kappa shape index (κ3) is 3.76. The highest BCUT2D eigenvalue weighted by Gasteiger charge is 2.39. The number of carbonyl (C=O) groups is 1. The van der Waals surface area contributed by atoms with Gasteiger partial charge in [-0.25, -0.2) is 4.98 Å². The summed E-state index contributed by atoms with van der Waals surface area (Å²) in [5, 5.41) is 13.1. The van der Waals surface area contributed by atoms with Gasteiger partial charge in [-0.05, 0) is 30.2 Å². The molecule has 2 heterocycles. The molecular weight excluding hydrogens is 310 g/mol. The number of nitrogens with zero attached hydrogens (tertiary/aromatic N) is 2. The number of thioether (sulfide) groups is 1. The maximum Gasteiger partial charge on any atom is 0.253 e. The van der Waals surface area contributed by atoms with E-state index in [0.717, 1.165) is 29.2 Å². The van der Waals surface area contributed by atoms with Gasteiger partial charge in [0, 0.05) is 31.2 Å². The summed E-state index contributed by atoms with van der Waals surface area (Å²) in [6.45, 7) is 3.17. The van der Waals surface area contributed by atoms with Gasteiger partial charge in [-0.2, -0.15) is 11.8 Å². The fourth-order valence-electron chi connectivity index (χ4n) is 2.69. The monoisotopic (exact) mass is 331 g/mol. The van der Waals surface area contributed by atoms with Crippen molar-refractivity contribution in [2.75, 3.05) is 11.5 Å².